The first-order chi connectivity index (χ1) is 36.4. The number of hydrogen-bond donors (Lipinski definition) is 3. The maximum atomic E-state index is 16.8. The van der Waals surface area contributed by atoms with E-state index in [2.05, 4.69) is 5.32 Å². The molecule has 2 aromatic carbocycles. The standard InChI is InChI=1S/C57H77NO20/c1-32-36(73-47(63)41(60)40(34-21-17-15-18-22-34)58-50(66)78-51(3,4)5)26-57(67)45(76-46(62)35-23-19-16-20-24-35)43-55(10,44(61)42(39(32)52(57,6)7)75-49(65)54(9,29-70-13)30-71-14)37(25-38-56(43,31-72-38)77-33(2)59)74-48(64)53(8,27-68-11)28-69-12/h15-24,36-38,40-43,45,60,67H,25-31H2,1-14H3,(H,58,66)/t36-,37-,38+,40-,41+,42+,43?,45-,55+,56-,57+/m0/s1. The molecule has 0 radical (unpaired) electrons. The van der Waals surface area contributed by atoms with E-state index in [9.17, 15) is 39.0 Å². The van der Waals surface area contributed by atoms with Crippen molar-refractivity contribution in [1.29, 1.82) is 0 Å². The predicted octanol–water partition coefficient (Wildman–Crippen LogP) is 4.96. The highest BCUT2D eigenvalue weighted by molar-refractivity contribution is 5.96. The fourth-order valence-electron chi connectivity index (χ4n) is 11.9. The number of Topliss-reactive ketones (excluding diaryl/α,β-unsaturated/α-hetero) is 1. The van der Waals surface area contributed by atoms with Gasteiger partial charge < -0.3 is 67.6 Å². The molecule has 1 aliphatic heterocycles. The van der Waals surface area contributed by atoms with Gasteiger partial charge in [-0.1, -0.05) is 62.4 Å². The van der Waals surface area contributed by atoms with Gasteiger partial charge in [0.1, 0.15) is 46.4 Å². The quantitative estimate of drug-likeness (QED) is 0.0898. The van der Waals surface area contributed by atoms with E-state index in [4.69, 9.17) is 52.1 Å². The van der Waals surface area contributed by atoms with Crippen molar-refractivity contribution in [1.82, 2.24) is 5.32 Å². The zero-order valence-corrected chi connectivity index (χ0v) is 47.1. The highest BCUT2D eigenvalue weighted by Gasteiger charge is 2.79. The summed E-state index contributed by atoms with van der Waals surface area (Å²) in [6, 6.07) is 14.3. The van der Waals surface area contributed by atoms with Crippen LogP contribution in [0.15, 0.2) is 71.8 Å². The van der Waals surface area contributed by atoms with Crippen LogP contribution in [0.25, 0.3) is 0 Å². The molecule has 2 bridgehead atoms. The lowest BCUT2D eigenvalue weighted by molar-refractivity contribution is -0.347. The molecular weight excluding hydrogens is 1020 g/mol. The van der Waals surface area contributed by atoms with Crippen molar-refractivity contribution in [2.45, 2.75) is 142 Å². The first kappa shape index (κ1) is 61.4. The van der Waals surface area contributed by atoms with Gasteiger partial charge in [-0.3, -0.25) is 19.2 Å². The Labute approximate surface area is 455 Å². The Morgan fingerprint density at radius 1 is 0.769 bits per heavy atom. The number of rotatable bonds is 20. The molecule has 11 atom stereocenters. The van der Waals surface area contributed by atoms with Gasteiger partial charge in [-0.15, -0.1) is 0 Å². The summed E-state index contributed by atoms with van der Waals surface area (Å²) in [5, 5.41) is 28.9. The zero-order valence-electron chi connectivity index (χ0n) is 47.1. The number of amides is 1. The van der Waals surface area contributed by atoms with E-state index in [0.717, 1.165) is 6.92 Å². The van der Waals surface area contributed by atoms with Crippen LogP contribution < -0.4 is 5.32 Å². The van der Waals surface area contributed by atoms with Crippen LogP contribution in [0.1, 0.15) is 104 Å². The SMILES string of the molecule is COCC(C)(COC)C(=O)O[C@H]1C(=O)[C@@]2(C)C([C@H](OC(=O)c3ccccc3)[C@]3(O)C[C@H](OC(=O)[C@H](O)[C@@H](NC(=O)OC(C)(C)C)c4ccccc4)C(C)=C1C3(C)C)[C@]1(OC(C)=O)CO[C@@H]1C[C@@H]2OC(=O)C(C)(COC)COC. The van der Waals surface area contributed by atoms with E-state index in [0.29, 0.717) is 0 Å². The third-order valence-corrected chi connectivity index (χ3v) is 15.8. The number of alkyl carbamates (subject to hydrolysis) is 1. The van der Waals surface area contributed by atoms with Gasteiger partial charge in [0.15, 0.2) is 23.6 Å². The molecular formula is C57H77NO20. The minimum absolute atomic E-state index is 0.00583. The molecule has 78 heavy (non-hydrogen) atoms. The minimum atomic E-state index is -2.57. The summed E-state index contributed by atoms with van der Waals surface area (Å²) in [7, 11) is 5.47. The summed E-state index contributed by atoms with van der Waals surface area (Å²) >= 11 is 0. The van der Waals surface area contributed by atoms with Crippen LogP contribution in [0.2, 0.25) is 0 Å². The summed E-state index contributed by atoms with van der Waals surface area (Å²) < 4.78 is 65.7. The number of fused-ring (bicyclic) bond motifs is 5. The fraction of sp³-hybridized carbons (Fsp3) is 0.632. The Morgan fingerprint density at radius 2 is 1.29 bits per heavy atom. The number of methoxy groups -OCH3 is 4. The number of benzene rings is 2. The predicted molar refractivity (Wildman–Crippen MR) is 275 cm³/mol. The van der Waals surface area contributed by atoms with Gasteiger partial charge in [-0.25, -0.2) is 14.4 Å². The number of esters is 5. The van der Waals surface area contributed by atoms with Gasteiger partial charge in [0, 0.05) is 53.6 Å². The molecule has 430 valence electrons. The normalized spacial score (nSPS) is 28.4. The third kappa shape index (κ3) is 11.6. The lowest BCUT2D eigenvalue weighted by Crippen LogP contribution is -2.82. The van der Waals surface area contributed by atoms with Crippen molar-refractivity contribution in [2.75, 3.05) is 61.5 Å². The molecule has 21 heteroatoms. The molecule has 1 heterocycles. The lowest BCUT2D eigenvalue weighted by atomic mass is 9.44. The van der Waals surface area contributed by atoms with Gasteiger partial charge in [-0.2, -0.15) is 0 Å². The molecule has 3 aliphatic carbocycles. The van der Waals surface area contributed by atoms with Gasteiger partial charge >= 0.3 is 35.9 Å². The fourth-order valence-corrected chi connectivity index (χ4v) is 11.9. The van der Waals surface area contributed by atoms with Crippen LogP contribution in [0.5, 0.6) is 0 Å². The Hall–Kier alpha value is -5.81. The number of hydrogen-bond acceptors (Lipinski definition) is 20. The summed E-state index contributed by atoms with van der Waals surface area (Å²) in [4.78, 5) is 103. The second-order valence-electron chi connectivity index (χ2n) is 23.2. The highest BCUT2D eigenvalue weighted by Crippen LogP contribution is 2.65. The molecule has 2 saturated carbocycles. The number of carbonyl (C=O) groups excluding carboxylic acids is 7. The van der Waals surface area contributed by atoms with Crippen molar-refractivity contribution in [3.63, 3.8) is 0 Å². The maximum Gasteiger partial charge on any atom is 0.408 e. The van der Waals surface area contributed by atoms with E-state index >= 15 is 4.79 Å². The average molecular weight is 1100 g/mol. The number of ketones is 1. The first-order valence-corrected chi connectivity index (χ1v) is 25.8. The Morgan fingerprint density at radius 3 is 1.78 bits per heavy atom. The van der Waals surface area contributed by atoms with E-state index in [1.165, 1.54) is 82.1 Å². The molecule has 2 aromatic rings. The monoisotopic (exact) mass is 1100 g/mol. The molecule has 21 nitrogen and oxygen atoms in total. The first-order valence-electron chi connectivity index (χ1n) is 25.8. The van der Waals surface area contributed by atoms with E-state index < -0.39 is 142 Å². The molecule has 3 N–H and O–H groups in total. The van der Waals surface area contributed by atoms with Gasteiger partial charge in [-0.05, 0) is 77.3 Å². The van der Waals surface area contributed by atoms with Crippen molar-refractivity contribution < 1.29 is 95.9 Å². The summed E-state index contributed by atoms with van der Waals surface area (Å²) in [6.45, 7) is 13.7. The van der Waals surface area contributed by atoms with Crippen LogP contribution in [0.3, 0.4) is 0 Å². The Balaban J connectivity index is 1.67. The van der Waals surface area contributed by atoms with Crippen molar-refractivity contribution in [3.8, 4) is 0 Å². The smallest absolute Gasteiger partial charge is 0.408 e. The number of nitrogens with one attached hydrogen (secondary N) is 1. The molecule has 4 aliphatic rings. The topological polar surface area (TPSA) is 274 Å². The van der Waals surface area contributed by atoms with Gasteiger partial charge in [0.25, 0.3) is 0 Å². The number of aliphatic hydroxyl groups is 2. The summed E-state index contributed by atoms with van der Waals surface area (Å²) in [5.41, 5.74) is -12.5. The highest BCUT2D eigenvalue weighted by atomic mass is 16.6. The molecule has 3 fully saturated rings. The minimum Gasteiger partial charge on any atom is -0.461 e. The van der Waals surface area contributed by atoms with Crippen LogP contribution in [-0.2, 0) is 76.1 Å². The molecule has 0 aromatic heterocycles. The second kappa shape index (κ2) is 23.5. The molecule has 0 spiro atoms. The third-order valence-electron chi connectivity index (χ3n) is 15.8. The van der Waals surface area contributed by atoms with Crippen LogP contribution >= 0.6 is 0 Å². The van der Waals surface area contributed by atoms with Crippen LogP contribution in [0.4, 0.5) is 4.79 Å². The van der Waals surface area contributed by atoms with Crippen LogP contribution in [-0.4, -0.2) is 167 Å². The van der Waals surface area contributed by atoms with E-state index in [-0.39, 0.29) is 55.1 Å². The van der Waals surface area contributed by atoms with Crippen molar-refractivity contribution in [2.24, 2.45) is 27.6 Å². The maximum absolute atomic E-state index is 16.8. The second-order valence-corrected chi connectivity index (χ2v) is 23.2. The molecule has 1 amide bonds. The van der Waals surface area contributed by atoms with Crippen molar-refractivity contribution >= 4 is 41.7 Å². The number of carbonyl (C=O) groups is 7. The molecule has 1 unspecified atom stereocenters. The van der Waals surface area contributed by atoms with Crippen LogP contribution in [0, 0.1) is 27.6 Å². The average Bonchev–Trinajstić information content (AvgIpc) is 3.29. The largest absolute Gasteiger partial charge is 0.461 e. The zero-order chi connectivity index (χ0) is 58.0. The van der Waals surface area contributed by atoms with E-state index in [1.807, 2.05) is 0 Å². The van der Waals surface area contributed by atoms with Gasteiger partial charge in [0.05, 0.1) is 56.0 Å². The van der Waals surface area contributed by atoms with Crippen molar-refractivity contribution in [3.05, 3.63) is 82.9 Å². The lowest BCUT2D eigenvalue weighted by Gasteiger charge is -2.67. The summed E-state index contributed by atoms with van der Waals surface area (Å²) in [5.74, 6) is -7.78. The number of aliphatic hydroxyl groups excluding tert-OH is 1. The van der Waals surface area contributed by atoms with Gasteiger partial charge in [0.2, 0.25) is 0 Å². The number of ether oxygens (including phenoxy) is 11. The molecule has 6 rings (SSSR count). The van der Waals surface area contributed by atoms with E-state index in [1.54, 1.807) is 69.3 Å². The summed E-state index contributed by atoms with van der Waals surface area (Å²) in [6.07, 6.45) is -12.6. The Kier molecular flexibility index (Phi) is 18.5. The Bertz CT molecular complexity index is 2570. The molecule has 1 saturated heterocycles.